The molecule has 0 aliphatic carbocycles. The zero-order valence-corrected chi connectivity index (χ0v) is 9.35. The molecule has 17 heavy (non-hydrogen) atoms. The van der Waals surface area contributed by atoms with Gasteiger partial charge in [0.2, 0.25) is 5.43 Å². The van der Waals surface area contributed by atoms with Gasteiger partial charge in [-0.3, -0.25) is 4.79 Å². The smallest absolute Gasteiger partial charge is 0.223 e. The molecule has 0 amide bonds. The van der Waals surface area contributed by atoms with Crippen molar-refractivity contribution in [3.8, 4) is 5.75 Å². The summed E-state index contributed by atoms with van der Waals surface area (Å²) in [5, 5.41) is 9.52. The molecule has 1 aromatic carbocycles. The van der Waals surface area contributed by atoms with Crippen molar-refractivity contribution in [1.29, 1.82) is 0 Å². The average molecular weight is 233 g/mol. The standard InChI is InChI=1S/C13H12FNO2/c1-9-13(17)12(16)6-7-15(9)8-10-2-4-11(14)5-3-10/h2-7,17H,8H2,1H3. The van der Waals surface area contributed by atoms with Crippen LogP contribution in [-0.2, 0) is 6.54 Å². The van der Waals surface area contributed by atoms with Crippen LogP contribution < -0.4 is 5.43 Å². The summed E-state index contributed by atoms with van der Waals surface area (Å²) >= 11 is 0. The van der Waals surface area contributed by atoms with E-state index in [0.29, 0.717) is 12.2 Å². The Balaban J connectivity index is 2.34. The summed E-state index contributed by atoms with van der Waals surface area (Å²) in [6.07, 6.45) is 1.61. The highest BCUT2D eigenvalue weighted by molar-refractivity contribution is 5.26. The van der Waals surface area contributed by atoms with Gasteiger partial charge < -0.3 is 9.67 Å². The summed E-state index contributed by atoms with van der Waals surface area (Å²) in [5.74, 6) is -0.525. The van der Waals surface area contributed by atoms with Crippen molar-refractivity contribution in [3.05, 3.63) is 63.8 Å². The first-order chi connectivity index (χ1) is 8.08. The lowest BCUT2D eigenvalue weighted by Gasteiger charge is -2.11. The van der Waals surface area contributed by atoms with Crippen LogP contribution >= 0.6 is 0 Å². The van der Waals surface area contributed by atoms with Gasteiger partial charge in [-0.05, 0) is 24.6 Å². The van der Waals surface area contributed by atoms with E-state index in [9.17, 15) is 14.3 Å². The van der Waals surface area contributed by atoms with E-state index in [-0.39, 0.29) is 11.6 Å². The molecule has 0 saturated heterocycles. The average Bonchev–Trinajstić information content (AvgIpc) is 2.33. The SMILES string of the molecule is Cc1c(O)c(=O)ccn1Cc1ccc(F)cc1. The Morgan fingerprint density at radius 1 is 1.24 bits per heavy atom. The molecule has 0 aliphatic heterocycles. The van der Waals surface area contributed by atoms with Gasteiger partial charge in [0, 0.05) is 18.8 Å². The molecule has 0 atom stereocenters. The van der Waals surface area contributed by atoms with Crippen LogP contribution in [0.5, 0.6) is 5.75 Å². The fourth-order valence-electron chi connectivity index (χ4n) is 1.62. The van der Waals surface area contributed by atoms with E-state index in [1.54, 1.807) is 29.8 Å². The van der Waals surface area contributed by atoms with Crippen LogP contribution in [0.4, 0.5) is 4.39 Å². The van der Waals surface area contributed by atoms with Crippen molar-refractivity contribution < 1.29 is 9.50 Å². The van der Waals surface area contributed by atoms with Gasteiger partial charge >= 0.3 is 0 Å². The quantitative estimate of drug-likeness (QED) is 0.862. The van der Waals surface area contributed by atoms with Crippen molar-refractivity contribution in [1.82, 2.24) is 4.57 Å². The van der Waals surface area contributed by atoms with E-state index in [0.717, 1.165) is 5.56 Å². The topological polar surface area (TPSA) is 42.2 Å². The minimum Gasteiger partial charge on any atom is -0.503 e. The Morgan fingerprint density at radius 2 is 1.88 bits per heavy atom. The number of aromatic hydroxyl groups is 1. The Labute approximate surface area is 97.8 Å². The van der Waals surface area contributed by atoms with Crippen molar-refractivity contribution in [2.45, 2.75) is 13.5 Å². The summed E-state index contributed by atoms with van der Waals surface area (Å²) in [6.45, 7) is 2.15. The second kappa shape index (κ2) is 4.41. The van der Waals surface area contributed by atoms with E-state index in [1.165, 1.54) is 18.2 Å². The predicted molar refractivity (Wildman–Crippen MR) is 62.6 cm³/mol. The van der Waals surface area contributed by atoms with Crippen LogP contribution in [0.3, 0.4) is 0 Å². The minimum atomic E-state index is -0.391. The fraction of sp³-hybridized carbons (Fsp3) is 0.154. The maximum Gasteiger partial charge on any atom is 0.223 e. The number of hydrogen-bond donors (Lipinski definition) is 1. The molecule has 0 saturated carbocycles. The molecule has 0 aliphatic rings. The Bertz CT molecular complexity index is 587. The highest BCUT2D eigenvalue weighted by atomic mass is 19.1. The number of pyridine rings is 1. The monoisotopic (exact) mass is 233 g/mol. The molecule has 0 spiro atoms. The summed E-state index contributed by atoms with van der Waals surface area (Å²) in [6, 6.07) is 7.42. The van der Waals surface area contributed by atoms with Gasteiger partial charge in [0.1, 0.15) is 5.82 Å². The van der Waals surface area contributed by atoms with Crippen molar-refractivity contribution in [3.63, 3.8) is 0 Å². The second-order valence-corrected chi connectivity index (χ2v) is 3.87. The molecule has 1 aromatic heterocycles. The molecule has 3 nitrogen and oxygen atoms in total. The van der Waals surface area contributed by atoms with Gasteiger partial charge in [-0.25, -0.2) is 4.39 Å². The molecule has 1 N–H and O–H groups in total. The maximum absolute atomic E-state index is 12.7. The first-order valence-electron chi connectivity index (χ1n) is 5.21. The third-order valence-electron chi connectivity index (χ3n) is 2.68. The number of nitrogens with zero attached hydrogens (tertiary/aromatic N) is 1. The molecule has 0 unspecified atom stereocenters. The Hall–Kier alpha value is -2.10. The van der Waals surface area contributed by atoms with Gasteiger partial charge in [-0.2, -0.15) is 0 Å². The third-order valence-corrected chi connectivity index (χ3v) is 2.68. The van der Waals surface area contributed by atoms with Crippen molar-refractivity contribution in [2.24, 2.45) is 0 Å². The Morgan fingerprint density at radius 3 is 2.53 bits per heavy atom. The fourth-order valence-corrected chi connectivity index (χ4v) is 1.62. The molecule has 0 radical (unpaired) electrons. The summed E-state index contributed by atoms with van der Waals surface area (Å²) in [7, 11) is 0. The minimum absolute atomic E-state index is 0.241. The lowest BCUT2D eigenvalue weighted by Crippen LogP contribution is -2.10. The van der Waals surface area contributed by atoms with E-state index in [1.807, 2.05) is 0 Å². The van der Waals surface area contributed by atoms with Gasteiger partial charge in [-0.15, -0.1) is 0 Å². The molecule has 0 fully saturated rings. The number of halogens is 1. The summed E-state index contributed by atoms with van der Waals surface area (Å²) in [4.78, 5) is 11.2. The van der Waals surface area contributed by atoms with Gasteiger partial charge in [-0.1, -0.05) is 12.1 Å². The first-order valence-corrected chi connectivity index (χ1v) is 5.21. The lowest BCUT2D eigenvalue weighted by atomic mass is 10.2. The van der Waals surface area contributed by atoms with Crippen LogP contribution in [0.25, 0.3) is 0 Å². The highest BCUT2D eigenvalue weighted by Gasteiger charge is 2.05. The zero-order valence-electron chi connectivity index (χ0n) is 9.35. The van der Waals surface area contributed by atoms with Gasteiger partial charge in [0.25, 0.3) is 0 Å². The number of hydrogen-bond acceptors (Lipinski definition) is 2. The normalized spacial score (nSPS) is 10.5. The zero-order chi connectivity index (χ0) is 12.4. The molecule has 1 heterocycles. The van der Waals surface area contributed by atoms with E-state index in [2.05, 4.69) is 0 Å². The molecule has 88 valence electrons. The molecular weight excluding hydrogens is 221 g/mol. The predicted octanol–water partition coefficient (Wildman–Crippen LogP) is 2.05. The number of aromatic nitrogens is 1. The first kappa shape index (κ1) is 11.4. The van der Waals surface area contributed by atoms with Gasteiger partial charge in [0.15, 0.2) is 5.75 Å². The third kappa shape index (κ3) is 2.36. The molecular formula is C13H12FNO2. The van der Waals surface area contributed by atoms with Gasteiger partial charge in [0.05, 0.1) is 5.69 Å². The van der Waals surface area contributed by atoms with Crippen LogP contribution in [0, 0.1) is 12.7 Å². The van der Waals surface area contributed by atoms with E-state index in [4.69, 9.17) is 0 Å². The van der Waals surface area contributed by atoms with E-state index >= 15 is 0 Å². The second-order valence-electron chi connectivity index (χ2n) is 3.87. The maximum atomic E-state index is 12.7. The van der Waals surface area contributed by atoms with E-state index < -0.39 is 5.43 Å². The number of rotatable bonds is 2. The van der Waals surface area contributed by atoms with Crippen LogP contribution in [0.1, 0.15) is 11.3 Å². The van der Waals surface area contributed by atoms with Crippen LogP contribution in [0.15, 0.2) is 41.3 Å². The van der Waals surface area contributed by atoms with Crippen LogP contribution in [-0.4, -0.2) is 9.67 Å². The molecule has 2 rings (SSSR count). The lowest BCUT2D eigenvalue weighted by molar-refractivity contribution is 0.455. The summed E-state index contributed by atoms with van der Waals surface area (Å²) < 4.78 is 14.5. The molecule has 0 bridgehead atoms. The summed E-state index contributed by atoms with van der Waals surface area (Å²) in [5.41, 5.74) is 1.01. The highest BCUT2D eigenvalue weighted by Crippen LogP contribution is 2.12. The van der Waals surface area contributed by atoms with Crippen molar-refractivity contribution >= 4 is 0 Å². The van der Waals surface area contributed by atoms with Crippen LogP contribution in [0.2, 0.25) is 0 Å². The largest absolute Gasteiger partial charge is 0.503 e. The molecule has 4 heteroatoms. The Kier molecular flexibility index (Phi) is 2.95. The number of benzene rings is 1. The molecule has 2 aromatic rings. The van der Waals surface area contributed by atoms with Crippen molar-refractivity contribution in [2.75, 3.05) is 0 Å².